The van der Waals surface area contributed by atoms with Crippen LogP contribution in [-0.4, -0.2) is 11.7 Å². The number of halogens is 2. The number of hydrogen-bond acceptors (Lipinski definition) is 1. The number of hydrogen-bond donors (Lipinski definition) is 1. The fraction of sp³-hybridized carbons (Fsp3) is 0.133. The Bertz CT molecular complexity index is 673. The molecule has 2 aromatic carbocycles. The van der Waals surface area contributed by atoms with Gasteiger partial charge in [0.1, 0.15) is 0 Å². The molecule has 0 fully saturated rings. The molecule has 0 aromatic heterocycles. The Hall–Kier alpha value is -1.29. The molecule has 0 radical (unpaired) electrons. The highest BCUT2D eigenvalue weighted by atomic mass is 35.5. The minimum absolute atomic E-state index is 0.490. The zero-order chi connectivity index (χ0) is 14.1. The molecule has 0 unspecified atom stereocenters. The molecule has 1 N–H and O–H groups in total. The maximum Gasteiger partial charge on any atom is 0.178 e. The van der Waals surface area contributed by atoms with E-state index in [1.54, 1.807) is 6.07 Å². The van der Waals surface area contributed by atoms with E-state index in [1.807, 2.05) is 24.3 Å². The predicted molar refractivity (Wildman–Crippen MR) is 90.2 cm³/mol. The van der Waals surface area contributed by atoms with Crippen molar-refractivity contribution in [2.45, 2.75) is 6.42 Å². The second-order valence-corrected chi connectivity index (χ2v) is 5.73. The van der Waals surface area contributed by atoms with Crippen LogP contribution in [0.2, 0.25) is 10.0 Å². The normalized spacial score (nSPS) is 13.2. The van der Waals surface area contributed by atoms with Gasteiger partial charge in [-0.15, -0.1) is 0 Å². The Morgan fingerprint density at radius 3 is 2.75 bits per heavy atom. The molecule has 0 atom stereocenters. The highest BCUT2D eigenvalue weighted by molar-refractivity contribution is 7.80. The standard InChI is InChI=1S/C15H12Cl2N2S/c16-11-5-3-6-12(14(11)17)18-15(20)19-9-8-10-4-1-2-7-13(10)19/h1-7H,8-9H2,(H,18,20). The Morgan fingerprint density at radius 2 is 1.90 bits per heavy atom. The van der Waals surface area contributed by atoms with Gasteiger partial charge in [-0.05, 0) is 42.4 Å². The van der Waals surface area contributed by atoms with Crippen LogP contribution in [0, 0.1) is 0 Å². The van der Waals surface area contributed by atoms with E-state index in [1.165, 1.54) is 5.56 Å². The van der Waals surface area contributed by atoms with E-state index >= 15 is 0 Å². The fourth-order valence-electron chi connectivity index (χ4n) is 2.33. The number of rotatable bonds is 1. The third-order valence-electron chi connectivity index (χ3n) is 3.33. The van der Waals surface area contributed by atoms with Gasteiger partial charge in [0.25, 0.3) is 0 Å². The zero-order valence-electron chi connectivity index (χ0n) is 10.6. The van der Waals surface area contributed by atoms with Crippen LogP contribution in [-0.2, 0) is 6.42 Å². The van der Waals surface area contributed by atoms with Gasteiger partial charge in [0.05, 0.1) is 15.7 Å². The molecule has 2 aromatic rings. The number of anilines is 2. The topological polar surface area (TPSA) is 15.3 Å². The average Bonchev–Trinajstić information content (AvgIpc) is 2.88. The molecule has 2 nitrogen and oxygen atoms in total. The molecule has 0 amide bonds. The van der Waals surface area contributed by atoms with Crippen molar-refractivity contribution in [1.82, 2.24) is 0 Å². The van der Waals surface area contributed by atoms with E-state index in [2.05, 4.69) is 22.3 Å². The minimum Gasteiger partial charge on any atom is -0.331 e. The van der Waals surface area contributed by atoms with E-state index in [4.69, 9.17) is 35.4 Å². The number of para-hydroxylation sites is 1. The molecule has 1 aliphatic heterocycles. The Labute approximate surface area is 133 Å². The Kier molecular flexibility index (Phi) is 3.83. The lowest BCUT2D eigenvalue weighted by molar-refractivity contribution is 1.03. The molecular weight excluding hydrogens is 311 g/mol. The second-order valence-electron chi connectivity index (χ2n) is 4.56. The van der Waals surface area contributed by atoms with Crippen LogP contribution in [0.25, 0.3) is 0 Å². The molecule has 0 saturated heterocycles. The largest absolute Gasteiger partial charge is 0.331 e. The molecule has 20 heavy (non-hydrogen) atoms. The molecule has 102 valence electrons. The van der Waals surface area contributed by atoms with E-state index in [-0.39, 0.29) is 0 Å². The molecular formula is C15H12Cl2N2S. The number of fused-ring (bicyclic) bond motifs is 1. The van der Waals surface area contributed by atoms with E-state index < -0.39 is 0 Å². The summed E-state index contributed by atoms with van der Waals surface area (Å²) in [7, 11) is 0. The third kappa shape index (κ3) is 2.49. The maximum atomic E-state index is 6.17. The lowest BCUT2D eigenvalue weighted by Gasteiger charge is -2.21. The number of thiocarbonyl (C=S) groups is 1. The first-order valence-electron chi connectivity index (χ1n) is 6.27. The van der Waals surface area contributed by atoms with Gasteiger partial charge in [0.2, 0.25) is 0 Å². The van der Waals surface area contributed by atoms with Crippen molar-refractivity contribution in [2.24, 2.45) is 0 Å². The van der Waals surface area contributed by atoms with Crippen LogP contribution in [0.15, 0.2) is 42.5 Å². The summed E-state index contributed by atoms with van der Waals surface area (Å²) in [5.41, 5.74) is 3.20. The van der Waals surface area contributed by atoms with E-state index in [0.29, 0.717) is 15.2 Å². The summed E-state index contributed by atoms with van der Waals surface area (Å²) in [6, 6.07) is 13.7. The maximum absolute atomic E-state index is 6.17. The molecule has 5 heteroatoms. The first-order valence-corrected chi connectivity index (χ1v) is 7.43. The van der Waals surface area contributed by atoms with Gasteiger partial charge in [0, 0.05) is 12.2 Å². The summed E-state index contributed by atoms with van der Waals surface area (Å²) in [5.74, 6) is 0. The monoisotopic (exact) mass is 322 g/mol. The van der Waals surface area contributed by atoms with Gasteiger partial charge in [-0.1, -0.05) is 47.5 Å². The van der Waals surface area contributed by atoms with Crippen molar-refractivity contribution >= 4 is 51.9 Å². The van der Waals surface area contributed by atoms with Crippen molar-refractivity contribution in [3.8, 4) is 0 Å². The molecule has 0 spiro atoms. The third-order valence-corrected chi connectivity index (χ3v) is 4.47. The van der Waals surface area contributed by atoms with E-state index in [9.17, 15) is 0 Å². The summed E-state index contributed by atoms with van der Waals surface area (Å²) in [6.45, 7) is 0.878. The predicted octanol–water partition coefficient (Wildman–Crippen LogP) is 4.75. The number of benzene rings is 2. The average molecular weight is 323 g/mol. The highest BCUT2D eigenvalue weighted by Crippen LogP contribution is 2.32. The molecule has 1 aliphatic rings. The molecule has 0 bridgehead atoms. The zero-order valence-corrected chi connectivity index (χ0v) is 12.9. The lowest BCUT2D eigenvalue weighted by atomic mass is 10.2. The summed E-state index contributed by atoms with van der Waals surface area (Å²) in [4.78, 5) is 2.09. The van der Waals surface area contributed by atoms with Crippen LogP contribution in [0.5, 0.6) is 0 Å². The quantitative estimate of drug-likeness (QED) is 0.762. The van der Waals surface area contributed by atoms with Gasteiger partial charge in [0.15, 0.2) is 5.11 Å². The first-order chi connectivity index (χ1) is 9.66. The molecule has 0 aliphatic carbocycles. The number of nitrogens with zero attached hydrogens (tertiary/aromatic N) is 1. The van der Waals surface area contributed by atoms with Crippen molar-refractivity contribution in [1.29, 1.82) is 0 Å². The fourth-order valence-corrected chi connectivity index (χ4v) is 2.98. The highest BCUT2D eigenvalue weighted by Gasteiger charge is 2.22. The van der Waals surface area contributed by atoms with Crippen LogP contribution in [0.3, 0.4) is 0 Å². The summed E-state index contributed by atoms with van der Waals surface area (Å²) in [6.07, 6.45) is 1.00. The number of nitrogens with one attached hydrogen (secondary N) is 1. The smallest absolute Gasteiger partial charge is 0.178 e. The van der Waals surface area contributed by atoms with Gasteiger partial charge in [-0.2, -0.15) is 0 Å². The van der Waals surface area contributed by atoms with Gasteiger partial charge in [-0.25, -0.2) is 0 Å². The minimum atomic E-state index is 0.490. The summed E-state index contributed by atoms with van der Waals surface area (Å²) in [5, 5.41) is 4.82. The SMILES string of the molecule is S=C(Nc1cccc(Cl)c1Cl)N1CCc2ccccc21. The van der Waals surface area contributed by atoms with Crippen molar-refractivity contribution in [3.05, 3.63) is 58.1 Å². The van der Waals surface area contributed by atoms with Crippen molar-refractivity contribution in [2.75, 3.05) is 16.8 Å². The summed E-state index contributed by atoms with van der Waals surface area (Å²) >= 11 is 17.7. The summed E-state index contributed by atoms with van der Waals surface area (Å²) < 4.78 is 0. The molecule has 3 rings (SSSR count). The lowest BCUT2D eigenvalue weighted by Crippen LogP contribution is -2.33. The van der Waals surface area contributed by atoms with E-state index in [0.717, 1.165) is 24.3 Å². The van der Waals surface area contributed by atoms with Crippen LogP contribution < -0.4 is 10.2 Å². The van der Waals surface area contributed by atoms with Crippen LogP contribution >= 0.6 is 35.4 Å². The van der Waals surface area contributed by atoms with Crippen LogP contribution in [0.1, 0.15) is 5.56 Å². The van der Waals surface area contributed by atoms with Crippen LogP contribution in [0.4, 0.5) is 11.4 Å². The van der Waals surface area contributed by atoms with Gasteiger partial charge in [-0.3, -0.25) is 0 Å². The van der Waals surface area contributed by atoms with Gasteiger partial charge >= 0.3 is 0 Å². The molecule has 0 saturated carbocycles. The molecule has 1 heterocycles. The second kappa shape index (κ2) is 5.60. The van der Waals surface area contributed by atoms with Crippen molar-refractivity contribution in [3.63, 3.8) is 0 Å². The Balaban J connectivity index is 1.83. The first kappa shape index (κ1) is 13.7. The van der Waals surface area contributed by atoms with Gasteiger partial charge < -0.3 is 10.2 Å². The van der Waals surface area contributed by atoms with Crippen molar-refractivity contribution < 1.29 is 0 Å². The Morgan fingerprint density at radius 1 is 1.10 bits per heavy atom.